The predicted octanol–water partition coefficient (Wildman–Crippen LogP) is 6.78. The van der Waals surface area contributed by atoms with Crippen LogP contribution < -0.4 is 9.47 Å². The number of benzene rings is 3. The Hall–Kier alpha value is -3.28. The Labute approximate surface area is 213 Å². The standard InChI is InChI=1S/C30H38O6/c1-4-7-11-17-33-27(31)20-35-29-23-13-9-10-14-24(23)30(26-19-22(6-3)15-16-25(26)29)36-21-28(32)34-18-12-8-5-2/h9-10,13-16,19H,4-8,11-12,17-18,20-21H2,1-3H3. The molecule has 0 fully saturated rings. The first kappa shape index (κ1) is 27.3. The number of carbonyl (C=O) groups excluding carboxylic acids is 2. The number of hydrogen-bond acceptors (Lipinski definition) is 6. The number of esters is 2. The number of aryl methyl sites for hydroxylation is 1. The van der Waals surface area contributed by atoms with Crippen LogP contribution in [-0.2, 0) is 25.5 Å². The molecular formula is C30H38O6. The fraction of sp³-hybridized carbons (Fsp3) is 0.467. The molecule has 3 aromatic rings. The predicted molar refractivity (Wildman–Crippen MR) is 143 cm³/mol. The van der Waals surface area contributed by atoms with Crippen molar-refractivity contribution in [1.82, 2.24) is 0 Å². The fourth-order valence-electron chi connectivity index (χ4n) is 4.10. The Balaban J connectivity index is 1.89. The summed E-state index contributed by atoms with van der Waals surface area (Å²) < 4.78 is 22.8. The number of carbonyl (C=O) groups is 2. The lowest BCUT2D eigenvalue weighted by molar-refractivity contribution is -0.147. The molecule has 0 unspecified atom stereocenters. The van der Waals surface area contributed by atoms with Crippen molar-refractivity contribution in [3.8, 4) is 11.5 Å². The fourth-order valence-corrected chi connectivity index (χ4v) is 4.10. The highest BCUT2D eigenvalue weighted by atomic mass is 16.6. The van der Waals surface area contributed by atoms with Gasteiger partial charge in [0.05, 0.1) is 13.2 Å². The molecule has 3 rings (SSSR count). The minimum absolute atomic E-state index is 0.175. The third-order valence-corrected chi connectivity index (χ3v) is 6.09. The quantitative estimate of drug-likeness (QED) is 0.132. The van der Waals surface area contributed by atoms with Gasteiger partial charge >= 0.3 is 11.9 Å². The van der Waals surface area contributed by atoms with Crippen molar-refractivity contribution in [2.45, 2.75) is 65.7 Å². The summed E-state index contributed by atoms with van der Waals surface area (Å²) in [5.41, 5.74) is 1.13. The van der Waals surface area contributed by atoms with Crippen LogP contribution >= 0.6 is 0 Å². The molecule has 0 atom stereocenters. The normalized spacial score (nSPS) is 11.0. The van der Waals surface area contributed by atoms with Gasteiger partial charge in [-0.25, -0.2) is 9.59 Å². The SMILES string of the molecule is CCCCCOC(=O)COc1c2ccccc2c(OCC(=O)OCCCCC)c2cc(CC)ccc12. The molecule has 0 N–H and O–H groups in total. The molecule has 0 aliphatic rings. The summed E-state index contributed by atoms with van der Waals surface area (Å²) in [6, 6.07) is 13.8. The van der Waals surface area contributed by atoms with Crippen LogP contribution in [-0.4, -0.2) is 38.4 Å². The maximum atomic E-state index is 12.3. The largest absolute Gasteiger partial charge is 0.481 e. The summed E-state index contributed by atoms with van der Waals surface area (Å²) in [5, 5.41) is 3.26. The van der Waals surface area contributed by atoms with Crippen LogP contribution in [0, 0.1) is 0 Å². The number of unbranched alkanes of at least 4 members (excludes halogenated alkanes) is 4. The Bertz CT molecular complexity index is 1150. The van der Waals surface area contributed by atoms with E-state index in [1.807, 2.05) is 36.4 Å². The number of rotatable bonds is 15. The van der Waals surface area contributed by atoms with Gasteiger partial charge in [-0.15, -0.1) is 0 Å². The van der Waals surface area contributed by atoms with Crippen LogP contribution in [0.25, 0.3) is 21.5 Å². The van der Waals surface area contributed by atoms with E-state index in [9.17, 15) is 9.59 Å². The third-order valence-electron chi connectivity index (χ3n) is 6.09. The topological polar surface area (TPSA) is 71.1 Å². The maximum Gasteiger partial charge on any atom is 0.344 e. The van der Waals surface area contributed by atoms with Crippen molar-refractivity contribution >= 4 is 33.5 Å². The van der Waals surface area contributed by atoms with Crippen molar-refractivity contribution in [2.24, 2.45) is 0 Å². The minimum Gasteiger partial charge on any atom is -0.481 e. The molecule has 0 bridgehead atoms. The molecule has 0 saturated carbocycles. The smallest absolute Gasteiger partial charge is 0.344 e. The van der Waals surface area contributed by atoms with Crippen molar-refractivity contribution in [3.05, 3.63) is 48.0 Å². The second kappa shape index (κ2) is 14.3. The Kier molecular flexibility index (Phi) is 10.9. The first-order valence-electron chi connectivity index (χ1n) is 13.1. The molecule has 0 aliphatic carbocycles. The highest BCUT2D eigenvalue weighted by molar-refractivity contribution is 6.11. The van der Waals surface area contributed by atoms with E-state index >= 15 is 0 Å². The first-order valence-corrected chi connectivity index (χ1v) is 13.1. The molecule has 0 saturated heterocycles. The van der Waals surface area contributed by atoms with Crippen molar-refractivity contribution in [3.63, 3.8) is 0 Å². The summed E-state index contributed by atoms with van der Waals surface area (Å²) in [6.45, 7) is 6.75. The average molecular weight is 495 g/mol. The first-order chi connectivity index (χ1) is 17.6. The van der Waals surface area contributed by atoms with E-state index in [-0.39, 0.29) is 25.2 Å². The van der Waals surface area contributed by atoms with Crippen molar-refractivity contribution < 1.29 is 28.5 Å². The van der Waals surface area contributed by atoms with Gasteiger partial charge in [-0.05, 0) is 30.9 Å². The van der Waals surface area contributed by atoms with Crippen molar-refractivity contribution in [1.29, 1.82) is 0 Å². The molecular weight excluding hydrogens is 456 g/mol. The van der Waals surface area contributed by atoms with Gasteiger partial charge in [0.1, 0.15) is 11.5 Å². The molecule has 0 radical (unpaired) electrons. The highest BCUT2D eigenvalue weighted by Gasteiger charge is 2.19. The van der Waals surface area contributed by atoms with E-state index < -0.39 is 0 Å². The minimum atomic E-state index is -0.389. The van der Waals surface area contributed by atoms with E-state index in [0.717, 1.165) is 72.1 Å². The zero-order valence-electron chi connectivity index (χ0n) is 21.8. The van der Waals surface area contributed by atoms with Gasteiger partial charge in [0.15, 0.2) is 13.2 Å². The van der Waals surface area contributed by atoms with E-state index in [1.54, 1.807) is 0 Å². The Morgan fingerprint density at radius 1 is 0.639 bits per heavy atom. The number of hydrogen-bond donors (Lipinski definition) is 0. The van der Waals surface area contributed by atoms with Gasteiger partial charge in [-0.2, -0.15) is 0 Å². The van der Waals surface area contributed by atoms with Gasteiger partial charge in [0, 0.05) is 21.5 Å². The summed E-state index contributed by atoms with van der Waals surface area (Å²) in [6.07, 6.45) is 6.73. The molecule has 194 valence electrons. The Morgan fingerprint density at radius 2 is 1.14 bits per heavy atom. The summed E-state index contributed by atoms with van der Waals surface area (Å²) >= 11 is 0. The van der Waals surface area contributed by atoms with Crippen LogP contribution in [0.4, 0.5) is 0 Å². The lowest BCUT2D eigenvalue weighted by Gasteiger charge is -2.18. The van der Waals surface area contributed by atoms with Crippen LogP contribution in [0.5, 0.6) is 11.5 Å². The second-order valence-electron chi connectivity index (χ2n) is 8.87. The highest BCUT2D eigenvalue weighted by Crippen LogP contribution is 2.43. The van der Waals surface area contributed by atoms with E-state index in [4.69, 9.17) is 18.9 Å². The summed E-state index contributed by atoms with van der Waals surface area (Å²) in [5.74, 6) is 0.430. The maximum absolute atomic E-state index is 12.3. The molecule has 0 spiro atoms. The van der Waals surface area contributed by atoms with Gasteiger partial charge in [-0.3, -0.25) is 0 Å². The molecule has 3 aromatic carbocycles. The van der Waals surface area contributed by atoms with Crippen LogP contribution in [0.1, 0.15) is 64.9 Å². The second-order valence-corrected chi connectivity index (χ2v) is 8.87. The van der Waals surface area contributed by atoms with E-state index in [2.05, 4.69) is 26.8 Å². The van der Waals surface area contributed by atoms with Gasteiger partial charge < -0.3 is 18.9 Å². The summed E-state index contributed by atoms with van der Waals surface area (Å²) in [7, 11) is 0. The van der Waals surface area contributed by atoms with Crippen LogP contribution in [0.3, 0.4) is 0 Å². The summed E-state index contributed by atoms with van der Waals surface area (Å²) in [4.78, 5) is 24.6. The molecule has 36 heavy (non-hydrogen) atoms. The van der Waals surface area contributed by atoms with Crippen molar-refractivity contribution in [2.75, 3.05) is 26.4 Å². The number of fused-ring (bicyclic) bond motifs is 2. The molecule has 6 nitrogen and oxygen atoms in total. The zero-order chi connectivity index (χ0) is 25.8. The van der Waals surface area contributed by atoms with Crippen LogP contribution in [0.15, 0.2) is 42.5 Å². The molecule has 6 heteroatoms. The molecule has 0 aromatic heterocycles. The Morgan fingerprint density at radius 3 is 1.64 bits per heavy atom. The zero-order valence-corrected chi connectivity index (χ0v) is 21.8. The lowest BCUT2D eigenvalue weighted by Crippen LogP contribution is -2.17. The van der Waals surface area contributed by atoms with Crippen LogP contribution in [0.2, 0.25) is 0 Å². The van der Waals surface area contributed by atoms with Gasteiger partial charge in [0.25, 0.3) is 0 Å². The lowest BCUT2D eigenvalue weighted by atomic mass is 9.98. The molecule has 0 amide bonds. The number of ether oxygens (including phenoxy) is 4. The third kappa shape index (κ3) is 7.36. The van der Waals surface area contributed by atoms with Gasteiger partial charge in [0.2, 0.25) is 0 Å². The van der Waals surface area contributed by atoms with E-state index in [0.29, 0.717) is 24.7 Å². The molecule has 0 aliphatic heterocycles. The van der Waals surface area contributed by atoms with Gasteiger partial charge in [-0.1, -0.05) is 82.9 Å². The molecule has 0 heterocycles. The monoisotopic (exact) mass is 494 g/mol. The average Bonchev–Trinajstić information content (AvgIpc) is 2.90. The van der Waals surface area contributed by atoms with E-state index in [1.165, 1.54) is 0 Å².